The first-order valence-electron chi connectivity index (χ1n) is 10.9. The summed E-state index contributed by atoms with van der Waals surface area (Å²) >= 11 is 0. The van der Waals surface area contributed by atoms with E-state index in [9.17, 15) is 19.5 Å². The van der Waals surface area contributed by atoms with Gasteiger partial charge in [0.1, 0.15) is 6.61 Å². The summed E-state index contributed by atoms with van der Waals surface area (Å²) in [5.74, 6) is 1.28. The topological polar surface area (TPSA) is 80.7 Å². The van der Waals surface area contributed by atoms with E-state index in [-0.39, 0.29) is 40.8 Å². The van der Waals surface area contributed by atoms with Crippen molar-refractivity contribution in [2.24, 2.45) is 46.3 Å². The van der Waals surface area contributed by atoms with Crippen molar-refractivity contribution in [1.29, 1.82) is 0 Å². The van der Waals surface area contributed by atoms with E-state index < -0.39 is 12.1 Å². The molecule has 0 saturated heterocycles. The maximum Gasteiger partial charge on any atom is 0.303 e. The maximum atomic E-state index is 13.0. The lowest BCUT2D eigenvalue weighted by atomic mass is 9.45. The molecular formula is C24H30O5. The fourth-order valence-electron chi connectivity index (χ4n) is 8.17. The number of fused-ring (bicyclic) bond motifs is 7. The average molecular weight is 398 g/mol. The second kappa shape index (κ2) is 6.13. The van der Waals surface area contributed by atoms with E-state index in [4.69, 9.17) is 4.74 Å². The third kappa shape index (κ3) is 2.59. The number of ether oxygens (including phenoxy) is 1. The molecule has 5 aliphatic carbocycles. The fourth-order valence-corrected chi connectivity index (χ4v) is 8.17. The smallest absolute Gasteiger partial charge is 0.303 e. The molecule has 0 bridgehead atoms. The van der Waals surface area contributed by atoms with Crippen LogP contribution >= 0.6 is 0 Å². The van der Waals surface area contributed by atoms with Gasteiger partial charge < -0.3 is 9.84 Å². The van der Waals surface area contributed by atoms with Gasteiger partial charge in [0.2, 0.25) is 0 Å². The number of ketones is 2. The lowest BCUT2D eigenvalue weighted by molar-refractivity contribution is -0.154. The molecule has 0 spiro atoms. The number of esters is 1. The van der Waals surface area contributed by atoms with E-state index in [1.165, 1.54) is 6.92 Å². The van der Waals surface area contributed by atoms with Crippen LogP contribution in [0.25, 0.3) is 0 Å². The van der Waals surface area contributed by atoms with E-state index in [2.05, 4.69) is 13.8 Å². The quantitative estimate of drug-likeness (QED) is 0.740. The highest BCUT2D eigenvalue weighted by Gasteiger charge is 2.72. The minimum atomic E-state index is -0.505. The Bertz CT molecular complexity index is 855. The highest BCUT2D eigenvalue weighted by atomic mass is 16.5. The number of allylic oxidation sites excluding steroid dienone is 4. The average Bonchev–Trinajstić information content (AvgIpc) is 3.34. The van der Waals surface area contributed by atoms with Gasteiger partial charge in [0, 0.05) is 24.2 Å². The molecule has 0 amide bonds. The molecule has 0 aromatic carbocycles. The number of aliphatic hydroxyl groups is 1. The number of Topliss-reactive ketones (excluding diaryl/α,β-unsaturated/α-hetero) is 1. The van der Waals surface area contributed by atoms with Crippen LogP contribution in [0.15, 0.2) is 23.8 Å². The van der Waals surface area contributed by atoms with Crippen LogP contribution in [0.4, 0.5) is 0 Å². The van der Waals surface area contributed by atoms with E-state index in [0.29, 0.717) is 30.1 Å². The molecule has 9 atom stereocenters. The van der Waals surface area contributed by atoms with Crippen molar-refractivity contribution >= 4 is 17.5 Å². The van der Waals surface area contributed by atoms with Crippen LogP contribution < -0.4 is 0 Å². The second-order valence-electron chi connectivity index (χ2n) is 10.5. The molecule has 5 heteroatoms. The van der Waals surface area contributed by atoms with E-state index in [0.717, 1.165) is 24.8 Å². The van der Waals surface area contributed by atoms with Crippen molar-refractivity contribution in [1.82, 2.24) is 0 Å². The third-order valence-electron chi connectivity index (χ3n) is 9.04. The number of rotatable bonds is 3. The SMILES string of the molecule is CC(=O)OCC(=O)[C@H]1[C@@H]2C[C@@H]2[C@H]2[C@@H]3CCC4=CC(=O)C=C[C@]4(C)[C@H]3[C@@H](O)C[C@@]21C. The third-order valence-corrected chi connectivity index (χ3v) is 9.04. The summed E-state index contributed by atoms with van der Waals surface area (Å²) in [6.07, 6.45) is 8.49. The number of carbonyl (C=O) groups is 3. The number of aliphatic hydroxyl groups excluding tert-OH is 1. The molecule has 0 radical (unpaired) electrons. The van der Waals surface area contributed by atoms with Crippen LogP contribution in [0.3, 0.4) is 0 Å². The first-order valence-corrected chi connectivity index (χ1v) is 10.9. The van der Waals surface area contributed by atoms with Crippen LogP contribution in [0.2, 0.25) is 0 Å². The second-order valence-corrected chi connectivity index (χ2v) is 10.5. The molecule has 0 heterocycles. The molecule has 4 fully saturated rings. The largest absolute Gasteiger partial charge is 0.458 e. The predicted molar refractivity (Wildman–Crippen MR) is 105 cm³/mol. The van der Waals surface area contributed by atoms with Gasteiger partial charge in [-0.05, 0) is 66.9 Å². The van der Waals surface area contributed by atoms with Crippen LogP contribution in [0, 0.1) is 46.3 Å². The summed E-state index contributed by atoms with van der Waals surface area (Å²) in [5, 5.41) is 11.4. The molecule has 5 nitrogen and oxygen atoms in total. The summed E-state index contributed by atoms with van der Waals surface area (Å²) in [6, 6.07) is 0. The Morgan fingerprint density at radius 3 is 2.69 bits per heavy atom. The van der Waals surface area contributed by atoms with Crippen LogP contribution in [-0.4, -0.2) is 35.4 Å². The standard InChI is InChI=1S/C24H30O5/c1-12(25)29-11-19(28)22-17-9-16(17)20-15-5-4-13-8-14(26)6-7-23(13,2)21(15)18(27)10-24(20,22)3/h6-8,15-18,20-22,27H,4-5,9-11H2,1-3H3/t15-,16-,17+,18-,20+,21+,22+,23-,24-/m0/s1. The van der Waals surface area contributed by atoms with Crippen molar-refractivity contribution in [3.05, 3.63) is 23.8 Å². The highest BCUT2D eigenvalue weighted by molar-refractivity contribution is 6.01. The van der Waals surface area contributed by atoms with E-state index in [1.54, 1.807) is 12.2 Å². The monoisotopic (exact) mass is 398 g/mol. The predicted octanol–water partition coefficient (Wildman–Crippen LogP) is 2.87. The Balaban J connectivity index is 1.48. The summed E-state index contributed by atoms with van der Waals surface area (Å²) in [6.45, 7) is 5.55. The lowest BCUT2D eigenvalue weighted by Gasteiger charge is -2.59. The molecule has 0 unspecified atom stereocenters. The summed E-state index contributed by atoms with van der Waals surface area (Å²) in [4.78, 5) is 36.1. The Kier molecular flexibility index (Phi) is 4.06. The molecule has 0 aliphatic heterocycles. The van der Waals surface area contributed by atoms with Crippen molar-refractivity contribution < 1.29 is 24.2 Å². The van der Waals surface area contributed by atoms with E-state index in [1.807, 2.05) is 6.08 Å². The van der Waals surface area contributed by atoms with Gasteiger partial charge in [-0.25, -0.2) is 0 Å². The number of carbonyl (C=O) groups excluding carboxylic acids is 3. The van der Waals surface area contributed by atoms with Gasteiger partial charge in [-0.2, -0.15) is 0 Å². The zero-order chi connectivity index (χ0) is 20.7. The van der Waals surface area contributed by atoms with Crippen molar-refractivity contribution in [3.8, 4) is 0 Å². The van der Waals surface area contributed by atoms with Crippen molar-refractivity contribution in [2.75, 3.05) is 6.61 Å². The first-order chi connectivity index (χ1) is 13.7. The summed E-state index contributed by atoms with van der Waals surface area (Å²) < 4.78 is 5.04. The first kappa shape index (κ1) is 19.2. The molecule has 5 rings (SSSR count). The lowest BCUT2D eigenvalue weighted by Crippen LogP contribution is -2.57. The minimum Gasteiger partial charge on any atom is -0.458 e. The zero-order valence-corrected chi connectivity index (χ0v) is 17.4. The van der Waals surface area contributed by atoms with Gasteiger partial charge in [0.05, 0.1) is 6.10 Å². The Hall–Kier alpha value is -1.75. The van der Waals surface area contributed by atoms with Crippen LogP contribution in [0.1, 0.15) is 46.5 Å². The van der Waals surface area contributed by atoms with Crippen LogP contribution in [0.5, 0.6) is 0 Å². The zero-order valence-electron chi connectivity index (χ0n) is 17.4. The van der Waals surface area contributed by atoms with Crippen molar-refractivity contribution in [3.63, 3.8) is 0 Å². The number of hydrogen-bond donors (Lipinski definition) is 1. The Morgan fingerprint density at radius 2 is 1.97 bits per heavy atom. The maximum absolute atomic E-state index is 13.0. The fraction of sp³-hybridized carbons (Fsp3) is 0.708. The highest BCUT2D eigenvalue weighted by Crippen LogP contribution is 2.75. The van der Waals surface area contributed by atoms with Crippen LogP contribution in [-0.2, 0) is 19.1 Å². The molecule has 29 heavy (non-hydrogen) atoms. The summed E-state index contributed by atoms with van der Waals surface area (Å²) in [7, 11) is 0. The molecule has 156 valence electrons. The van der Waals surface area contributed by atoms with Gasteiger partial charge >= 0.3 is 5.97 Å². The molecule has 4 saturated carbocycles. The van der Waals surface area contributed by atoms with Gasteiger partial charge in [-0.3, -0.25) is 14.4 Å². The molecule has 0 aromatic heterocycles. The van der Waals surface area contributed by atoms with Gasteiger partial charge in [-0.1, -0.05) is 25.5 Å². The normalized spacial score (nSPS) is 49.3. The number of hydrogen-bond acceptors (Lipinski definition) is 5. The molecule has 1 N–H and O–H groups in total. The Morgan fingerprint density at radius 1 is 1.21 bits per heavy atom. The van der Waals surface area contributed by atoms with Gasteiger partial charge in [-0.15, -0.1) is 0 Å². The minimum absolute atomic E-state index is 0.0223. The van der Waals surface area contributed by atoms with Crippen molar-refractivity contribution in [2.45, 2.75) is 52.6 Å². The van der Waals surface area contributed by atoms with Gasteiger partial charge in [0.15, 0.2) is 11.6 Å². The summed E-state index contributed by atoms with van der Waals surface area (Å²) in [5.41, 5.74) is 0.639. The molecule has 5 aliphatic rings. The van der Waals surface area contributed by atoms with Gasteiger partial charge in [0.25, 0.3) is 0 Å². The molecule has 0 aromatic rings. The molecular weight excluding hydrogens is 368 g/mol. The Labute approximate surface area is 171 Å². The van der Waals surface area contributed by atoms with E-state index >= 15 is 0 Å².